The molecule has 3 rings (SSSR count). The molecule has 0 N–H and O–H groups in total. The van der Waals surface area contributed by atoms with Crippen molar-refractivity contribution in [3.63, 3.8) is 0 Å². The number of rotatable bonds is 10. The summed E-state index contributed by atoms with van der Waals surface area (Å²) in [5.74, 6) is 2.71. The fraction of sp³-hybridized carbons (Fsp3) is 0.375. The molecule has 0 saturated heterocycles. The van der Waals surface area contributed by atoms with Crippen molar-refractivity contribution in [3.8, 4) is 11.5 Å². The van der Waals surface area contributed by atoms with E-state index in [1.807, 2.05) is 55.5 Å². The van der Waals surface area contributed by atoms with Crippen LogP contribution in [-0.2, 0) is 13.5 Å². The van der Waals surface area contributed by atoms with Gasteiger partial charge in [0.25, 0.3) is 0 Å². The van der Waals surface area contributed by atoms with Crippen LogP contribution in [0.3, 0.4) is 0 Å². The molecule has 0 aliphatic carbocycles. The molecule has 0 radical (unpaired) electrons. The largest absolute Gasteiger partial charge is 0.641 e. The van der Waals surface area contributed by atoms with Crippen molar-refractivity contribution in [1.82, 2.24) is 0 Å². The Morgan fingerprint density at radius 3 is 1.79 bits per heavy atom. The summed E-state index contributed by atoms with van der Waals surface area (Å²) in [5, 5.41) is 0. The summed E-state index contributed by atoms with van der Waals surface area (Å²) in [4.78, 5) is 2.17. The van der Waals surface area contributed by atoms with Gasteiger partial charge in [-0.05, 0) is 55.0 Å². The summed E-state index contributed by atoms with van der Waals surface area (Å²) in [6, 6.07) is 24.9. The maximum atomic E-state index is 6.27. The number of nitrogens with zero attached hydrogens (tertiary/aromatic N) is 1. The normalized spacial score (nSPS) is 11.4. The second kappa shape index (κ2) is 16.3. The van der Waals surface area contributed by atoms with Crippen molar-refractivity contribution in [2.75, 3.05) is 4.90 Å². The number of benzene rings is 3. The molecule has 0 saturated carbocycles. The van der Waals surface area contributed by atoms with Gasteiger partial charge in [-0.25, -0.2) is 0 Å². The molecular formula is C32H42Cl2NO2Ru-. The van der Waals surface area contributed by atoms with Gasteiger partial charge < -0.3 is 9.64 Å². The van der Waals surface area contributed by atoms with Gasteiger partial charge in [-0.2, -0.15) is 0 Å². The topological polar surface area (TPSA) is 21.7 Å². The van der Waals surface area contributed by atoms with Gasteiger partial charge >= 0.3 is 97.8 Å². The number of hydrogen-bond donors (Lipinski definition) is 0. The predicted octanol–water partition coefficient (Wildman–Crippen LogP) is 9.90. The van der Waals surface area contributed by atoms with Gasteiger partial charge in [0.2, 0.25) is 0 Å². The molecule has 0 amide bonds. The minimum atomic E-state index is -1.77. The first-order valence-corrected chi connectivity index (χ1v) is 18.5. The van der Waals surface area contributed by atoms with Crippen LogP contribution in [0.15, 0.2) is 72.8 Å². The van der Waals surface area contributed by atoms with Gasteiger partial charge in [0.05, 0.1) is 5.75 Å². The molecule has 0 bridgehead atoms. The predicted molar refractivity (Wildman–Crippen MR) is 163 cm³/mol. The van der Waals surface area contributed by atoms with E-state index >= 15 is 0 Å². The van der Waals surface area contributed by atoms with E-state index in [4.69, 9.17) is 28.9 Å². The Hall–Kier alpha value is -1.87. The molecule has 3 nitrogen and oxygen atoms in total. The standard InChI is InChI=1S/C22H30NO.C10H12O.2ClH.Ru/c1-16(2)20-13-10-14-21(17(3)4)22(20)24-15-23(18(5)6)19-11-8-7-9-12-19;1-8(2)11-10-7-5-4-6-9(10)3;;;/h7-18H,1-6H3;3-8H,1-2H3;2*1H;/q-1;;;;+2/p-2. The zero-order valence-corrected chi connectivity index (χ0v) is 27.0. The first-order valence-electron chi connectivity index (χ1n) is 13.1. The number of halogens is 2. The van der Waals surface area contributed by atoms with Gasteiger partial charge in [0.15, 0.2) is 0 Å². The summed E-state index contributed by atoms with van der Waals surface area (Å²) in [7, 11) is 11.6. The number of para-hydroxylation sites is 3. The van der Waals surface area contributed by atoms with E-state index in [1.54, 1.807) is 0 Å². The van der Waals surface area contributed by atoms with Crippen LogP contribution >= 0.6 is 19.4 Å². The molecule has 0 fully saturated rings. The number of ether oxygens (including phenoxy) is 2. The van der Waals surface area contributed by atoms with Crippen molar-refractivity contribution in [2.24, 2.45) is 0 Å². The van der Waals surface area contributed by atoms with Crippen LogP contribution in [0.2, 0.25) is 0 Å². The Balaban J connectivity index is 0.000000308. The molecule has 210 valence electrons. The van der Waals surface area contributed by atoms with Crippen LogP contribution in [0.5, 0.6) is 11.5 Å². The fourth-order valence-corrected chi connectivity index (χ4v) is 5.63. The molecule has 6 heteroatoms. The monoisotopic (exact) mass is 644 g/mol. The first kappa shape index (κ1) is 32.3. The van der Waals surface area contributed by atoms with E-state index in [1.165, 1.54) is 11.1 Å². The van der Waals surface area contributed by atoms with Gasteiger partial charge in [0.1, 0.15) is 0 Å². The molecule has 38 heavy (non-hydrogen) atoms. The van der Waals surface area contributed by atoms with Gasteiger partial charge in [0, 0.05) is 5.69 Å². The maximum absolute atomic E-state index is 6.27. The Morgan fingerprint density at radius 1 is 0.737 bits per heavy atom. The summed E-state index contributed by atoms with van der Waals surface area (Å²) in [6.45, 7) is 19.0. The average Bonchev–Trinajstić information content (AvgIpc) is 2.85. The Kier molecular flexibility index (Phi) is 13.9. The molecule has 3 aromatic rings. The summed E-state index contributed by atoms with van der Waals surface area (Å²) >= 11 is -1.77. The zero-order chi connectivity index (χ0) is 28.2. The van der Waals surface area contributed by atoms with E-state index < -0.39 is 13.5 Å². The first-order chi connectivity index (χ1) is 18.0. The average molecular weight is 645 g/mol. The van der Waals surface area contributed by atoms with E-state index in [0.717, 1.165) is 22.7 Å². The fourth-order valence-electron chi connectivity index (χ4n) is 3.82. The van der Waals surface area contributed by atoms with E-state index in [9.17, 15) is 0 Å². The Morgan fingerprint density at radius 2 is 1.29 bits per heavy atom. The van der Waals surface area contributed by atoms with Crippen molar-refractivity contribution < 1.29 is 23.0 Å². The van der Waals surface area contributed by atoms with Crippen LogP contribution < -0.4 is 14.4 Å². The van der Waals surface area contributed by atoms with Crippen LogP contribution in [0.4, 0.5) is 5.69 Å². The third kappa shape index (κ3) is 10.4. The van der Waals surface area contributed by atoms with Crippen LogP contribution in [0.25, 0.3) is 0 Å². The molecule has 0 spiro atoms. The van der Waals surface area contributed by atoms with Crippen LogP contribution in [0.1, 0.15) is 83.9 Å². The molecule has 0 atom stereocenters. The molecule has 0 aliphatic heterocycles. The molecule has 3 aromatic carbocycles. The number of hydrogen-bond acceptors (Lipinski definition) is 3. The van der Waals surface area contributed by atoms with E-state index in [-0.39, 0.29) is 6.10 Å². The number of anilines is 1. The summed E-state index contributed by atoms with van der Waals surface area (Å²) in [6.07, 6.45) is 0.163. The SMILES string of the molecule is CC(C)Oc1ccccc1[CH]=[Ru]([Cl])[Cl].CC(C)c1cccc(C(C)C)c1O[CH-]N(c1ccccc1)C(C)C. The molecule has 0 aromatic heterocycles. The maximum Gasteiger partial charge on any atom is 0.0932 e. The van der Waals surface area contributed by atoms with Gasteiger partial charge in [-0.1, -0.05) is 70.8 Å². The van der Waals surface area contributed by atoms with Crippen molar-refractivity contribution in [3.05, 3.63) is 96.2 Å². The molecule has 0 aliphatic rings. The molecule has 0 unspecified atom stereocenters. The van der Waals surface area contributed by atoms with Crippen molar-refractivity contribution in [1.29, 1.82) is 0 Å². The van der Waals surface area contributed by atoms with Crippen LogP contribution in [-0.4, -0.2) is 16.8 Å². The second-order valence-corrected chi connectivity index (χ2v) is 15.9. The minimum Gasteiger partial charge on any atom is -0.641 e. The minimum absolute atomic E-state index is 0.163. The second-order valence-electron chi connectivity index (χ2n) is 10.1. The Bertz CT molecular complexity index is 1120. The quantitative estimate of drug-likeness (QED) is 0.162. The van der Waals surface area contributed by atoms with Crippen molar-refractivity contribution in [2.45, 2.75) is 79.4 Å². The molecule has 0 heterocycles. The van der Waals surface area contributed by atoms with Gasteiger partial charge in [-0.3, -0.25) is 0 Å². The van der Waals surface area contributed by atoms with Crippen LogP contribution in [0, 0.1) is 6.73 Å². The Labute approximate surface area is 243 Å². The van der Waals surface area contributed by atoms with Gasteiger partial charge in [-0.15, -0.1) is 0 Å². The van der Waals surface area contributed by atoms with E-state index in [2.05, 4.69) is 88.9 Å². The van der Waals surface area contributed by atoms with E-state index in [0.29, 0.717) is 17.9 Å². The zero-order valence-electron chi connectivity index (χ0n) is 23.8. The molecular weight excluding hydrogens is 602 g/mol. The summed E-state index contributed by atoms with van der Waals surface area (Å²) in [5.41, 5.74) is 4.65. The third-order valence-electron chi connectivity index (χ3n) is 5.68. The third-order valence-corrected chi connectivity index (χ3v) is 7.52. The smallest absolute Gasteiger partial charge is 0.0932 e. The van der Waals surface area contributed by atoms with Crippen molar-refractivity contribution >= 4 is 29.7 Å². The summed E-state index contributed by atoms with van der Waals surface area (Å²) < 4.78 is 13.8.